The summed E-state index contributed by atoms with van der Waals surface area (Å²) in [6, 6.07) is 12.1. The Morgan fingerprint density at radius 1 is 1.13 bits per heavy atom. The quantitative estimate of drug-likeness (QED) is 0.807. The summed E-state index contributed by atoms with van der Waals surface area (Å²) in [6.07, 6.45) is 2.09. The maximum absolute atomic E-state index is 10.3. The lowest BCUT2D eigenvalue weighted by molar-refractivity contribution is 0.340. The number of hydrogen-bond acceptors (Lipinski definition) is 4. The first-order chi connectivity index (χ1) is 11.1. The fourth-order valence-electron chi connectivity index (χ4n) is 2.85. The van der Waals surface area contributed by atoms with Gasteiger partial charge in [0.15, 0.2) is 0 Å². The third-order valence-electron chi connectivity index (χ3n) is 3.98. The second-order valence-corrected chi connectivity index (χ2v) is 5.81. The SMILES string of the molecule is CCOc1ccc(C2C=C(c3cc(C)cc(C)c3O)NN2)cc1. The Hall–Kier alpha value is -2.46. The van der Waals surface area contributed by atoms with Gasteiger partial charge in [-0.2, -0.15) is 0 Å². The predicted octanol–water partition coefficient (Wildman–Crippen LogP) is 3.60. The molecule has 0 spiro atoms. The molecule has 0 bridgehead atoms. The van der Waals surface area contributed by atoms with Crippen LogP contribution in [0.3, 0.4) is 0 Å². The summed E-state index contributed by atoms with van der Waals surface area (Å²) < 4.78 is 5.47. The second kappa shape index (κ2) is 6.34. The summed E-state index contributed by atoms with van der Waals surface area (Å²) >= 11 is 0. The van der Waals surface area contributed by atoms with Crippen LogP contribution in [0.5, 0.6) is 11.5 Å². The number of hydrazine groups is 1. The van der Waals surface area contributed by atoms with E-state index in [9.17, 15) is 5.11 Å². The van der Waals surface area contributed by atoms with E-state index in [1.165, 1.54) is 0 Å². The Bertz CT molecular complexity index is 736. The Kier molecular flexibility index (Phi) is 4.26. The van der Waals surface area contributed by atoms with Crippen LogP contribution in [0.25, 0.3) is 5.70 Å². The van der Waals surface area contributed by atoms with Crippen molar-refractivity contribution in [2.45, 2.75) is 26.8 Å². The minimum atomic E-state index is 0.0564. The average Bonchev–Trinajstić information content (AvgIpc) is 3.01. The molecule has 1 atom stereocenters. The van der Waals surface area contributed by atoms with E-state index in [4.69, 9.17) is 4.74 Å². The molecule has 0 radical (unpaired) electrons. The van der Waals surface area contributed by atoms with Crippen molar-refractivity contribution in [1.29, 1.82) is 0 Å². The van der Waals surface area contributed by atoms with Crippen LogP contribution in [0.4, 0.5) is 0 Å². The van der Waals surface area contributed by atoms with Crippen molar-refractivity contribution in [3.63, 3.8) is 0 Å². The van der Waals surface area contributed by atoms with E-state index < -0.39 is 0 Å². The summed E-state index contributed by atoms with van der Waals surface area (Å²) in [5.74, 6) is 1.20. The van der Waals surface area contributed by atoms with Crippen molar-refractivity contribution in [3.05, 3.63) is 64.7 Å². The maximum Gasteiger partial charge on any atom is 0.127 e. The molecule has 0 aromatic heterocycles. The lowest BCUT2D eigenvalue weighted by atomic mass is 10.0. The van der Waals surface area contributed by atoms with Gasteiger partial charge in [0.05, 0.1) is 18.3 Å². The van der Waals surface area contributed by atoms with Crippen LogP contribution in [0.1, 0.15) is 35.2 Å². The zero-order chi connectivity index (χ0) is 16.4. The fourth-order valence-corrected chi connectivity index (χ4v) is 2.85. The first kappa shape index (κ1) is 15.4. The van der Waals surface area contributed by atoms with Gasteiger partial charge in [-0.1, -0.05) is 18.2 Å². The third-order valence-corrected chi connectivity index (χ3v) is 3.98. The lowest BCUT2D eigenvalue weighted by Gasteiger charge is -2.11. The van der Waals surface area contributed by atoms with Gasteiger partial charge in [0.25, 0.3) is 0 Å². The van der Waals surface area contributed by atoms with E-state index >= 15 is 0 Å². The molecule has 2 aromatic carbocycles. The van der Waals surface area contributed by atoms with E-state index in [0.29, 0.717) is 12.4 Å². The summed E-state index contributed by atoms with van der Waals surface area (Å²) in [5.41, 5.74) is 11.3. The molecule has 1 heterocycles. The molecule has 0 aliphatic carbocycles. The zero-order valence-corrected chi connectivity index (χ0v) is 13.7. The van der Waals surface area contributed by atoms with Gasteiger partial charge in [-0.25, -0.2) is 5.43 Å². The minimum absolute atomic E-state index is 0.0564. The molecule has 1 unspecified atom stereocenters. The molecule has 0 saturated heterocycles. The van der Waals surface area contributed by atoms with E-state index in [0.717, 1.165) is 33.7 Å². The molecule has 3 rings (SSSR count). The number of ether oxygens (including phenoxy) is 1. The summed E-state index contributed by atoms with van der Waals surface area (Å²) in [5, 5.41) is 10.3. The number of hydrogen-bond donors (Lipinski definition) is 3. The zero-order valence-electron chi connectivity index (χ0n) is 13.7. The monoisotopic (exact) mass is 310 g/mol. The van der Waals surface area contributed by atoms with Crippen molar-refractivity contribution < 1.29 is 9.84 Å². The number of phenolic OH excluding ortho intramolecular Hbond substituents is 1. The van der Waals surface area contributed by atoms with E-state index in [2.05, 4.69) is 16.9 Å². The molecule has 0 saturated carbocycles. The highest BCUT2D eigenvalue weighted by atomic mass is 16.5. The van der Waals surface area contributed by atoms with Gasteiger partial charge in [-0.3, -0.25) is 0 Å². The van der Waals surface area contributed by atoms with Gasteiger partial charge in [0, 0.05) is 5.56 Å². The van der Waals surface area contributed by atoms with E-state index in [1.807, 2.05) is 57.2 Å². The average molecular weight is 310 g/mol. The molecule has 0 fully saturated rings. The number of phenols is 1. The summed E-state index contributed by atoms with van der Waals surface area (Å²) in [4.78, 5) is 0. The third kappa shape index (κ3) is 3.17. The highest BCUT2D eigenvalue weighted by Gasteiger charge is 2.20. The van der Waals surface area contributed by atoms with Crippen LogP contribution >= 0.6 is 0 Å². The highest BCUT2D eigenvalue weighted by molar-refractivity contribution is 5.72. The van der Waals surface area contributed by atoms with Crippen molar-refractivity contribution in [3.8, 4) is 11.5 Å². The van der Waals surface area contributed by atoms with Crippen LogP contribution in [0, 0.1) is 13.8 Å². The molecule has 0 amide bonds. The van der Waals surface area contributed by atoms with Gasteiger partial charge in [0.1, 0.15) is 11.5 Å². The fraction of sp³-hybridized carbons (Fsp3) is 0.263. The standard InChI is InChI=1S/C19H22N2O2/c1-4-23-15-7-5-14(6-8-15)17-11-18(21-20-17)16-10-12(2)9-13(3)19(16)22/h5-11,17,20-22H,4H2,1-3H3. The van der Waals surface area contributed by atoms with E-state index in [1.54, 1.807) is 0 Å². The summed E-state index contributed by atoms with van der Waals surface area (Å²) in [7, 11) is 0. The number of aryl methyl sites for hydroxylation is 2. The van der Waals surface area contributed by atoms with Crippen LogP contribution < -0.4 is 15.6 Å². The van der Waals surface area contributed by atoms with Crippen molar-refractivity contribution in [2.24, 2.45) is 0 Å². The number of rotatable bonds is 4. The van der Waals surface area contributed by atoms with Crippen molar-refractivity contribution >= 4 is 5.70 Å². The molecule has 2 aromatic rings. The highest BCUT2D eigenvalue weighted by Crippen LogP contribution is 2.32. The van der Waals surface area contributed by atoms with Crippen molar-refractivity contribution in [1.82, 2.24) is 10.9 Å². The first-order valence-corrected chi connectivity index (χ1v) is 7.85. The van der Waals surface area contributed by atoms with Gasteiger partial charge < -0.3 is 15.3 Å². The van der Waals surface area contributed by atoms with Gasteiger partial charge in [-0.15, -0.1) is 0 Å². The Labute approximate surface area is 136 Å². The normalized spacial score (nSPS) is 16.8. The number of aromatic hydroxyl groups is 1. The lowest BCUT2D eigenvalue weighted by Crippen LogP contribution is -2.26. The Morgan fingerprint density at radius 3 is 2.57 bits per heavy atom. The Morgan fingerprint density at radius 2 is 1.87 bits per heavy atom. The van der Waals surface area contributed by atoms with Crippen LogP contribution in [-0.4, -0.2) is 11.7 Å². The van der Waals surface area contributed by atoms with Crippen molar-refractivity contribution in [2.75, 3.05) is 6.61 Å². The second-order valence-electron chi connectivity index (χ2n) is 5.81. The van der Waals surface area contributed by atoms with Gasteiger partial charge >= 0.3 is 0 Å². The first-order valence-electron chi connectivity index (χ1n) is 7.85. The molecular formula is C19H22N2O2. The Balaban J connectivity index is 1.86. The molecular weight excluding hydrogens is 288 g/mol. The molecule has 3 N–H and O–H groups in total. The molecule has 4 nitrogen and oxygen atoms in total. The molecule has 1 aliphatic rings. The van der Waals surface area contributed by atoms with Gasteiger partial charge in [0.2, 0.25) is 0 Å². The molecule has 1 aliphatic heterocycles. The van der Waals surface area contributed by atoms with Crippen LogP contribution in [0.2, 0.25) is 0 Å². The summed E-state index contributed by atoms with van der Waals surface area (Å²) in [6.45, 7) is 6.59. The van der Waals surface area contributed by atoms with Crippen LogP contribution in [-0.2, 0) is 0 Å². The minimum Gasteiger partial charge on any atom is -0.507 e. The maximum atomic E-state index is 10.3. The molecule has 23 heavy (non-hydrogen) atoms. The number of benzene rings is 2. The van der Waals surface area contributed by atoms with E-state index in [-0.39, 0.29) is 6.04 Å². The van der Waals surface area contributed by atoms with Gasteiger partial charge in [-0.05, 0) is 61.7 Å². The predicted molar refractivity (Wildman–Crippen MR) is 92.2 cm³/mol. The van der Waals surface area contributed by atoms with Crippen LogP contribution in [0.15, 0.2) is 42.5 Å². The largest absolute Gasteiger partial charge is 0.507 e. The number of nitrogens with one attached hydrogen (secondary N) is 2. The molecule has 4 heteroatoms. The molecule has 120 valence electrons. The topological polar surface area (TPSA) is 53.5 Å². The smallest absolute Gasteiger partial charge is 0.127 e.